The first-order valence-electron chi connectivity index (χ1n) is 17.8. The molecule has 51 heavy (non-hydrogen) atoms. The molecule has 3 heterocycles. The molecule has 13 nitrogen and oxygen atoms in total. The smallest absolute Gasteiger partial charge is 0.231 e. The Morgan fingerprint density at radius 2 is 0.510 bits per heavy atom. The van der Waals surface area contributed by atoms with Crippen molar-refractivity contribution in [2.45, 2.75) is 131 Å². The molecule has 0 atom stereocenters. The van der Waals surface area contributed by atoms with Crippen molar-refractivity contribution in [3.05, 3.63) is 26.4 Å². The lowest BCUT2D eigenvalue weighted by Crippen LogP contribution is -2.36. The number of rotatable bonds is 22. The number of hydrogen-bond acceptors (Lipinski definition) is 13. The third-order valence-corrected chi connectivity index (χ3v) is 9.18. The molecule has 0 aliphatic heterocycles. The molecular formula is C33H52Cl5N13. The highest BCUT2D eigenvalue weighted by molar-refractivity contribution is 6.31. The van der Waals surface area contributed by atoms with E-state index in [1.54, 1.807) is 0 Å². The Bertz CT molecular complexity index is 1350. The van der Waals surface area contributed by atoms with E-state index in [1.165, 1.54) is 0 Å². The zero-order chi connectivity index (χ0) is 37.7. The van der Waals surface area contributed by atoms with Crippen molar-refractivity contribution < 1.29 is 0 Å². The number of halogens is 5. The molecular weight excluding hydrogens is 756 g/mol. The fourth-order valence-corrected chi connectivity index (χ4v) is 6.53. The Hall–Kier alpha value is -2.32. The van der Waals surface area contributed by atoms with Gasteiger partial charge in [-0.25, -0.2) is 0 Å². The van der Waals surface area contributed by atoms with Gasteiger partial charge in [-0.3, -0.25) is 0 Å². The largest absolute Gasteiger partial charge is 0.338 e. The molecule has 284 valence electrons. The second-order valence-corrected chi connectivity index (χ2v) is 15.2. The zero-order valence-electron chi connectivity index (χ0n) is 31.0. The molecule has 0 aliphatic rings. The predicted octanol–water partition coefficient (Wildman–Crippen LogP) is 8.89. The van der Waals surface area contributed by atoms with Gasteiger partial charge in [-0.1, -0.05) is 25.7 Å². The Labute approximate surface area is 328 Å². The minimum absolute atomic E-state index is 0.0963. The van der Waals surface area contributed by atoms with Crippen LogP contribution < -0.4 is 19.6 Å². The summed E-state index contributed by atoms with van der Waals surface area (Å²) >= 11 is 30.6. The van der Waals surface area contributed by atoms with Gasteiger partial charge in [0.2, 0.25) is 50.2 Å². The van der Waals surface area contributed by atoms with E-state index in [2.05, 4.69) is 115 Å². The van der Waals surface area contributed by atoms with Gasteiger partial charge in [0.05, 0.1) is 0 Å². The third kappa shape index (κ3) is 14.2. The van der Waals surface area contributed by atoms with Crippen LogP contribution in [0.15, 0.2) is 0 Å². The number of nitrogens with zero attached hydrogens (tertiary/aromatic N) is 13. The summed E-state index contributed by atoms with van der Waals surface area (Å²) in [6.07, 6.45) is 8.10. The van der Waals surface area contributed by atoms with Gasteiger partial charge >= 0.3 is 0 Å². The van der Waals surface area contributed by atoms with Crippen LogP contribution >= 0.6 is 58.0 Å². The molecule has 18 heteroatoms. The van der Waals surface area contributed by atoms with E-state index in [0.717, 1.165) is 77.5 Å². The maximum atomic E-state index is 6.52. The lowest BCUT2D eigenvalue weighted by atomic mass is 10.1. The first-order valence-corrected chi connectivity index (χ1v) is 19.7. The third-order valence-electron chi connectivity index (χ3n) is 8.34. The minimum Gasteiger partial charge on any atom is -0.338 e. The standard InChI is InChI=1S/C33H52Cl5N13/c1-21(2)48(30-41-25(34)39-26(35)42-30)17-13-9-11-15-19-50(23(5)6)32-45-29(38)46-33(47-32)51(24(7)8)20-16-12-10-14-18-49(22(3)4)31-43-27(36)40-28(37)44-31/h21-24H,9-20H2,1-8H3. The average Bonchev–Trinajstić information content (AvgIpc) is 3.01. The summed E-state index contributed by atoms with van der Waals surface area (Å²) in [6.45, 7) is 20.2. The fourth-order valence-electron chi connectivity index (χ4n) is 5.67. The van der Waals surface area contributed by atoms with Crippen LogP contribution in [-0.4, -0.2) is 95.2 Å². The molecule has 0 N–H and O–H groups in total. The van der Waals surface area contributed by atoms with Crippen molar-refractivity contribution in [1.82, 2.24) is 44.9 Å². The van der Waals surface area contributed by atoms with Crippen LogP contribution in [0.2, 0.25) is 26.4 Å². The van der Waals surface area contributed by atoms with E-state index in [1.807, 2.05) is 0 Å². The summed E-state index contributed by atoms with van der Waals surface area (Å²) in [5, 5.41) is 0.585. The normalized spacial score (nSPS) is 11.7. The van der Waals surface area contributed by atoms with E-state index < -0.39 is 0 Å². The zero-order valence-corrected chi connectivity index (χ0v) is 34.8. The highest BCUT2D eigenvalue weighted by atomic mass is 35.5. The summed E-state index contributed by atoms with van der Waals surface area (Å²) in [7, 11) is 0. The van der Waals surface area contributed by atoms with Crippen LogP contribution in [0.1, 0.15) is 107 Å². The van der Waals surface area contributed by atoms with Crippen molar-refractivity contribution in [2.24, 2.45) is 0 Å². The summed E-state index contributed by atoms with van der Waals surface area (Å²) in [6, 6.07) is 0.765. The fraction of sp³-hybridized carbons (Fsp3) is 0.727. The van der Waals surface area contributed by atoms with E-state index in [4.69, 9.17) is 63.0 Å². The summed E-state index contributed by atoms with van der Waals surface area (Å²) in [4.78, 5) is 47.5. The molecule has 0 spiro atoms. The van der Waals surface area contributed by atoms with Gasteiger partial charge in [-0.15, -0.1) is 0 Å². The molecule has 0 saturated heterocycles. The lowest BCUT2D eigenvalue weighted by Gasteiger charge is -2.30. The molecule has 0 unspecified atom stereocenters. The molecule has 3 aromatic heterocycles. The Balaban J connectivity index is 1.52. The van der Waals surface area contributed by atoms with Crippen LogP contribution in [0, 0.1) is 0 Å². The van der Waals surface area contributed by atoms with Crippen molar-refractivity contribution in [3.8, 4) is 0 Å². The van der Waals surface area contributed by atoms with Crippen molar-refractivity contribution >= 4 is 81.8 Å². The summed E-state index contributed by atoms with van der Waals surface area (Å²) in [5.74, 6) is 2.21. The quantitative estimate of drug-likeness (QED) is 0.0898. The molecule has 0 aromatic carbocycles. The van der Waals surface area contributed by atoms with Crippen molar-refractivity contribution in [3.63, 3.8) is 0 Å². The highest BCUT2D eigenvalue weighted by Crippen LogP contribution is 2.23. The molecule has 0 fully saturated rings. The van der Waals surface area contributed by atoms with Gasteiger partial charge in [0, 0.05) is 50.3 Å². The van der Waals surface area contributed by atoms with E-state index >= 15 is 0 Å². The lowest BCUT2D eigenvalue weighted by molar-refractivity contribution is 0.561. The predicted molar refractivity (Wildman–Crippen MR) is 211 cm³/mol. The number of aromatic nitrogens is 9. The average molecular weight is 808 g/mol. The number of anilines is 4. The van der Waals surface area contributed by atoms with Crippen molar-refractivity contribution in [1.29, 1.82) is 0 Å². The molecule has 0 aliphatic carbocycles. The maximum Gasteiger partial charge on any atom is 0.231 e. The van der Waals surface area contributed by atoms with Crippen molar-refractivity contribution in [2.75, 3.05) is 45.8 Å². The first-order chi connectivity index (χ1) is 24.2. The van der Waals surface area contributed by atoms with Crippen LogP contribution in [0.25, 0.3) is 0 Å². The minimum atomic E-state index is 0.0963. The van der Waals surface area contributed by atoms with Crippen LogP contribution in [0.3, 0.4) is 0 Å². The van der Waals surface area contributed by atoms with E-state index in [9.17, 15) is 0 Å². The SMILES string of the molecule is CC(C)N(CCCCCCN(c1nc(Cl)nc(N(CCCCCCN(c2nc(Cl)nc(Cl)n2)C(C)C)C(C)C)n1)C(C)C)c1nc(Cl)nc(Cl)n1. The molecule has 3 rings (SSSR count). The van der Waals surface area contributed by atoms with Crippen LogP contribution in [0.5, 0.6) is 0 Å². The van der Waals surface area contributed by atoms with Crippen LogP contribution in [0.4, 0.5) is 23.8 Å². The summed E-state index contributed by atoms with van der Waals surface area (Å²) < 4.78 is 0. The second-order valence-electron chi connectivity index (χ2n) is 13.5. The maximum absolute atomic E-state index is 6.52. The van der Waals surface area contributed by atoms with Gasteiger partial charge in [0.1, 0.15) is 0 Å². The molecule has 0 amide bonds. The van der Waals surface area contributed by atoms with Gasteiger partial charge in [-0.05, 0) is 139 Å². The topological polar surface area (TPSA) is 129 Å². The Morgan fingerprint density at radius 3 is 0.725 bits per heavy atom. The Kier molecular flexibility index (Phi) is 18.1. The van der Waals surface area contributed by atoms with Crippen LogP contribution in [-0.2, 0) is 0 Å². The van der Waals surface area contributed by atoms with E-state index in [-0.39, 0.29) is 50.6 Å². The highest BCUT2D eigenvalue weighted by Gasteiger charge is 2.21. The van der Waals surface area contributed by atoms with Gasteiger partial charge in [-0.2, -0.15) is 44.9 Å². The molecule has 3 aromatic rings. The Morgan fingerprint density at radius 1 is 0.314 bits per heavy atom. The molecule has 0 bridgehead atoms. The first kappa shape index (κ1) is 43.1. The summed E-state index contributed by atoms with van der Waals surface area (Å²) in [5.41, 5.74) is 0. The monoisotopic (exact) mass is 805 g/mol. The second kappa shape index (κ2) is 21.4. The van der Waals surface area contributed by atoms with Gasteiger partial charge in [0.25, 0.3) is 0 Å². The van der Waals surface area contributed by atoms with E-state index in [0.29, 0.717) is 23.8 Å². The number of unbranched alkanes of at least 4 members (excludes halogenated alkanes) is 6. The van der Waals surface area contributed by atoms with Gasteiger partial charge < -0.3 is 19.6 Å². The van der Waals surface area contributed by atoms with Gasteiger partial charge in [0.15, 0.2) is 0 Å². The molecule has 0 radical (unpaired) electrons. The molecule has 0 saturated carbocycles. The number of hydrogen-bond donors (Lipinski definition) is 0.